The second-order valence-corrected chi connectivity index (χ2v) is 7.27. The highest BCUT2D eigenvalue weighted by Crippen LogP contribution is 2.26. The molecule has 2 amide bonds. The molecule has 1 aromatic carbocycles. The Bertz CT molecular complexity index is 764. The number of benzene rings is 1. The van der Waals surface area contributed by atoms with E-state index in [1.165, 1.54) is 11.2 Å². The van der Waals surface area contributed by atoms with E-state index >= 15 is 0 Å². The van der Waals surface area contributed by atoms with Crippen molar-refractivity contribution >= 4 is 11.8 Å². The lowest BCUT2D eigenvalue weighted by Gasteiger charge is -2.31. The molecule has 6 heteroatoms. The second kappa shape index (κ2) is 9.55. The number of rotatable bonds is 8. The fraction of sp³-hybridized carbons (Fsp3) is 0.455. The standard InChI is InChI=1S/C22H28N2O4/c1-16-9-11-17(12-10-16)20(21(25)23-18-6-3-4-7-18)24(13-15-27-2)22(26)19-8-5-14-28-19/h5,8-12,14,18,20H,3-4,6-7,13,15H2,1-2H3,(H,23,25)/t20-/m1/s1. The smallest absolute Gasteiger partial charge is 0.290 e. The molecule has 28 heavy (non-hydrogen) atoms. The number of furan rings is 1. The summed E-state index contributed by atoms with van der Waals surface area (Å²) in [6, 6.07) is 10.4. The van der Waals surface area contributed by atoms with E-state index in [4.69, 9.17) is 9.15 Å². The van der Waals surface area contributed by atoms with E-state index in [0.717, 1.165) is 36.8 Å². The van der Waals surface area contributed by atoms with Gasteiger partial charge in [-0.25, -0.2) is 0 Å². The van der Waals surface area contributed by atoms with Crippen LogP contribution in [0.3, 0.4) is 0 Å². The number of aryl methyl sites for hydroxylation is 1. The zero-order valence-corrected chi connectivity index (χ0v) is 16.5. The monoisotopic (exact) mass is 384 g/mol. The number of hydrogen-bond donors (Lipinski definition) is 1. The first kappa shape index (κ1) is 20.1. The van der Waals surface area contributed by atoms with Gasteiger partial charge in [0.2, 0.25) is 5.91 Å². The van der Waals surface area contributed by atoms with E-state index in [9.17, 15) is 9.59 Å². The lowest BCUT2D eigenvalue weighted by atomic mass is 10.0. The van der Waals surface area contributed by atoms with Crippen LogP contribution >= 0.6 is 0 Å². The third-order valence-electron chi connectivity index (χ3n) is 5.18. The van der Waals surface area contributed by atoms with E-state index in [1.54, 1.807) is 19.2 Å². The van der Waals surface area contributed by atoms with Crippen LogP contribution in [0.15, 0.2) is 47.1 Å². The molecule has 1 atom stereocenters. The summed E-state index contributed by atoms with van der Waals surface area (Å²) < 4.78 is 10.5. The SMILES string of the molecule is COCCN(C(=O)c1ccco1)[C@@H](C(=O)NC1CCCC1)c1ccc(C)cc1. The molecule has 1 aromatic heterocycles. The Labute approximate surface area is 165 Å². The van der Waals surface area contributed by atoms with Crippen molar-refractivity contribution in [2.75, 3.05) is 20.3 Å². The van der Waals surface area contributed by atoms with Crippen LogP contribution < -0.4 is 5.32 Å². The Morgan fingerprint density at radius 3 is 2.54 bits per heavy atom. The molecular weight excluding hydrogens is 356 g/mol. The van der Waals surface area contributed by atoms with Gasteiger partial charge in [0.1, 0.15) is 6.04 Å². The van der Waals surface area contributed by atoms with Gasteiger partial charge in [0.05, 0.1) is 12.9 Å². The Hall–Kier alpha value is -2.60. The quantitative estimate of drug-likeness (QED) is 0.756. The summed E-state index contributed by atoms with van der Waals surface area (Å²) in [7, 11) is 1.58. The van der Waals surface area contributed by atoms with Gasteiger partial charge in [-0.2, -0.15) is 0 Å². The summed E-state index contributed by atoms with van der Waals surface area (Å²) in [6.45, 7) is 2.60. The van der Waals surface area contributed by atoms with Crippen molar-refractivity contribution < 1.29 is 18.7 Å². The van der Waals surface area contributed by atoms with E-state index in [2.05, 4.69) is 5.32 Å². The highest BCUT2D eigenvalue weighted by Gasteiger charge is 2.34. The van der Waals surface area contributed by atoms with Crippen LogP contribution in [0.2, 0.25) is 0 Å². The largest absolute Gasteiger partial charge is 0.459 e. The van der Waals surface area contributed by atoms with Gasteiger partial charge in [-0.15, -0.1) is 0 Å². The Balaban J connectivity index is 1.93. The number of ether oxygens (including phenoxy) is 1. The van der Waals surface area contributed by atoms with Gasteiger partial charge in [0.25, 0.3) is 5.91 Å². The van der Waals surface area contributed by atoms with Crippen molar-refractivity contribution in [1.82, 2.24) is 10.2 Å². The molecule has 0 aliphatic heterocycles. The number of nitrogens with zero attached hydrogens (tertiary/aromatic N) is 1. The number of amides is 2. The Morgan fingerprint density at radius 2 is 1.93 bits per heavy atom. The van der Waals surface area contributed by atoms with Crippen LogP contribution in [0.25, 0.3) is 0 Å². The van der Waals surface area contributed by atoms with Gasteiger partial charge in [-0.1, -0.05) is 42.7 Å². The highest BCUT2D eigenvalue weighted by molar-refractivity contribution is 5.96. The Morgan fingerprint density at radius 1 is 1.21 bits per heavy atom. The number of methoxy groups -OCH3 is 1. The van der Waals surface area contributed by atoms with Crippen molar-refractivity contribution in [1.29, 1.82) is 0 Å². The number of carbonyl (C=O) groups excluding carboxylic acids is 2. The zero-order chi connectivity index (χ0) is 19.9. The van der Waals surface area contributed by atoms with Crippen molar-refractivity contribution in [2.24, 2.45) is 0 Å². The molecule has 0 spiro atoms. The molecule has 0 saturated heterocycles. The molecule has 2 aromatic rings. The van der Waals surface area contributed by atoms with Gasteiger partial charge < -0.3 is 19.4 Å². The second-order valence-electron chi connectivity index (χ2n) is 7.27. The predicted octanol–water partition coefficient (Wildman–Crippen LogP) is 3.48. The minimum absolute atomic E-state index is 0.160. The molecule has 1 aliphatic rings. The number of carbonyl (C=O) groups is 2. The van der Waals surface area contributed by atoms with E-state index in [0.29, 0.717) is 6.61 Å². The first-order chi connectivity index (χ1) is 13.6. The summed E-state index contributed by atoms with van der Waals surface area (Å²) >= 11 is 0. The zero-order valence-electron chi connectivity index (χ0n) is 16.5. The molecule has 150 valence electrons. The van der Waals surface area contributed by atoms with E-state index < -0.39 is 6.04 Å². The summed E-state index contributed by atoms with van der Waals surface area (Å²) in [6.07, 6.45) is 5.67. The maximum absolute atomic E-state index is 13.3. The van der Waals surface area contributed by atoms with E-state index in [1.807, 2.05) is 31.2 Å². The molecule has 1 N–H and O–H groups in total. The molecule has 1 fully saturated rings. The fourth-order valence-electron chi connectivity index (χ4n) is 3.65. The maximum Gasteiger partial charge on any atom is 0.290 e. The van der Waals surface area contributed by atoms with Crippen molar-refractivity contribution in [3.63, 3.8) is 0 Å². The van der Waals surface area contributed by atoms with E-state index in [-0.39, 0.29) is 30.2 Å². The Kier molecular flexibility index (Phi) is 6.87. The summed E-state index contributed by atoms with van der Waals surface area (Å²) in [5.41, 5.74) is 1.87. The molecule has 0 radical (unpaired) electrons. The number of hydrogen-bond acceptors (Lipinski definition) is 4. The van der Waals surface area contributed by atoms with Gasteiger partial charge in [-0.3, -0.25) is 9.59 Å². The molecule has 3 rings (SSSR count). The number of nitrogens with one attached hydrogen (secondary N) is 1. The molecule has 6 nitrogen and oxygen atoms in total. The molecule has 0 bridgehead atoms. The van der Waals surface area contributed by atoms with Crippen LogP contribution in [-0.4, -0.2) is 43.0 Å². The lowest BCUT2D eigenvalue weighted by molar-refractivity contribution is -0.126. The van der Waals surface area contributed by atoms with Crippen LogP contribution in [-0.2, 0) is 9.53 Å². The third kappa shape index (κ3) is 4.81. The molecular formula is C22H28N2O4. The molecule has 1 aliphatic carbocycles. The van der Waals surface area contributed by atoms with Crippen molar-refractivity contribution in [3.8, 4) is 0 Å². The van der Waals surface area contributed by atoms with Crippen LogP contribution in [0.5, 0.6) is 0 Å². The third-order valence-corrected chi connectivity index (χ3v) is 5.18. The average Bonchev–Trinajstić information content (AvgIpc) is 3.39. The van der Waals surface area contributed by atoms with Crippen LogP contribution in [0.1, 0.15) is 53.4 Å². The topological polar surface area (TPSA) is 71.8 Å². The van der Waals surface area contributed by atoms with Gasteiger partial charge in [0, 0.05) is 19.7 Å². The molecule has 1 saturated carbocycles. The molecule has 1 heterocycles. The predicted molar refractivity (Wildman–Crippen MR) is 106 cm³/mol. The van der Waals surface area contributed by atoms with Crippen LogP contribution in [0, 0.1) is 6.92 Å². The minimum atomic E-state index is -0.742. The van der Waals surface area contributed by atoms with Crippen molar-refractivity contribution in [2.45, 2.75) is 44.7 Å². The lowest BCUT2D eigenvalue weighted by Crippen LogP contribution is -2.47. The van der Waals surface area contributed by atoms with Gasteiger partial charge in [0.15, 0.2) is 5.76 Å². The first-order valence-electron chi connectivity index (χ1n) is 9.80. The maximum atomic E-state index is 13.3. The summed E-state index contributed by atoms with van der Waals surface area (Å²) in [4.78, 5) is 28.0. The average molecular weight is 384 g/mol. The normalized spacial score (nSPS) is 15.4. The van der Waals surface area contributed by atoms with Crippen LogP contribution in [0.4, 0.5) is 0 Å². The van der Waals surface area contributed by atoms with Gasteiger partial charge >= 0.3 is 0 Å². The highest BCUT2D eigenvalue weighted by atomic mass is 16.5. The minimum Gasteiger partial charge on any atom is -0.459 e. The fourth-order valence-corrected chi connectivity index (χ4v) is 3.65. The summed E-state index contributed by atoms with van der Waals surface area (Å²) in [5, 5.41) is 3.14. The first-order valence-corrected chi connectivity index (χ1v) is 9.80. The van der Waals surface area contributed by atoms with Gasteiger partial charge in [-0.05, 0) is 37.5 Å². The summed E-state index contributed by atoms with van der Waals surface area (Å²) in [5.74, 6) is -0.275. The van der Waals surface area contributed by atoms with Crippen molar-refractivity contribution in [3.05, 3.63) is 59.5 Å². The molecule has 0 unspecified atom stereocenters.